The Bertz CT molecular complexity index is 570. The summed E-state index contributed by atoms with van der Waals surface area (Å²) >= 11 is 0. The molecule has 1 unspecified atom stereocenters. The highest BCUT2D eigenvalue weighted by molar-refractivity contribution is 5.43. The summed E-state index contributed by atoms with van der Waals surface area (Å²) in [5.74, 6) is 0.841. The molecule has 2 aromatic rings. The van der Waals surface area contributed by atoms with Crippen LogP contribution in [0.1, 0.15) is 22.3 Å². The van der Waals surface area contributed by atoms with Crippen molar-refractivity contribution < 1.29 is 14.6 Å². The summed E-state index contributed by atoms with van der Waals surface area (Å²) in [5, 5.41) is 9.52. The fourth-order valence-corrected chi connectivity index (χ4v) is 2.53. The molecule has 0 aliphatic carbocycles. The summed E-state index contributed by atoms with van der Waals surface area (Å²) in [6.45, 7) is 6.92. The van der Waals surface area contributed by atoms with Gasteiger partial charge in [-0.3, -0.25) is 0 Å². The number of aryl methyl sites for hydroxylation is 3. The molecule has 0 radical (unpaired) electrons. The molecule has 0 bridgehead atoms. The van der Waals surface area contributed by atoms with Gasteiger partial charge in [-0.2, -0.15) is 0 Å². The van der Waals surface area contributed by atoms with Crippen LogP contribution >= 0.6 is 0 Å². The molecule has 0 amide bonds. The van der Waals surface area contributed by atoms with E-state index in [2.05, 4.69) is 19.1 Å². The van der Waals surface area contributed by atoms with Gasteiger partial charge in [0.05, 0.1) is 19.8 Å². The van der Waals surface area contributed by atoms with E-state index in [1.54, 1.807) is 0 Å². The van der Waals surface area contributed by atoms with Gasteiger partial charge < -0.3 is 14.6 Å². The molecule has 0 aliphatic rings. The van der Waals surface area contributed by atoms with Gasteiger partial charge in [-0.25, -0.2) is 0 Å². The standard InChI is InChI=1S/C19H24O3/c1-14-9-15(2)19(16(3)10-14)22-18(11-20)13-21-12-17-7-5-4-6-8-17/h4-10,18,20H,11-13H2,1-3H3. The highest BCUT2D eigenvalue weighted by atomic mass is 16.5. The molecular formula is C19H24O3. The highest BCUT2D eigenvalue weighted by Gasteiger charge is 2.13. The van der Waals surface area contributed by atoms with Gasteiger partial charge in [-0.05, 0) is 37.5 Å². The van der Waals surface area contributed by atoms with Crippen molar-refractivity contribution in [2.75, 3.05) is 13.2 Å². The van der Waals surface area contributed by atoms with E-state index in [4.69, 9.17) is 9.47 Å². The minimum Gasteiger partial charge on any atom is -0.485 e. The van der Waals surface area contributed by atoms with Gasteiger partial charge in [0.2, 0.25) is 0 Å². The van der Waals surface area contributed by atoms with E-state index in [1.165, 1.54) is 5.56 Å². The monoisotopic (exact) mass is 300 g/mol. The lowest BCUT2D eigenvalue weighted by molar-refractivity contribution is 0.0127. The number of rotatable bonds is 7. The van der Waals surface area contributed by atoms with Gasteiger partial charge in [-0.15, -0.1) is 0 Å². The van der Waals surface area contributed by atoms with E-state index in [1.807, 2.05) is 44.2 Å². The van der Waals surface area contributed by atoms with Crippen LogP contribution in [0.2, 0.25) is 0 Å². The third-order valence-electron chi connectivity index (χ3n) is 3.51. The predicted octanol–water partition coefficient (Wildman–Crippen LogP) is 3.57. The van der Waals surface area contributed by atoms with Crippen molar-refractivity contribution >= 4 is 0 Å². The van der Waals surface area contributed by atoms with Gasteiger partial charge in [0.15, 0.2) is 0 Å². The van der Waals surface area contributed by atoms with Gasteiger partial charge in [0.1, 0.15) is 11.9 Å². The summed E-state index contributed by atoms with van der Waals surface area (Å²) in [4.78, 5) is 0. The quantitative estimate of drug-likeness (QED) is 0.849. The van der Waals surface area contributed by atoms with Crippen molar-refractivity contribution in [1.82, 2.24) is 0 Å². The molecule has 22 heavy (non-hydrogen) atoms. The van der Waals surface area contributed by atoms with Gasteiger partial charge in [-0.1, -0.05) is 48.0 Å². The van der Waals surface area contributed by atoms with Crippen LogP contribution in [0.5, 0.6) is 5.75 Å². The molecule has 1 N–H and O–H groups in total. The van der Waals surface area contributed by atoms with Crippen LogP contribution in [0.4, 0.5) is 0 Å². The minimum atomic E-state index is -0.358. The third-order valence-corrected chi connectivity index (χ3v) is 3.51. The number of ether oxygens (including phenoxy) is 2. The molecule has 2 rings (SSSR count). The number of aliphatic hydroxyl groups excluding tert-OH is 1. The second-order valence-corrected chi connectivity index (χ2v) is 5.65. The smallest absolute Gasteiger partial charge is 0.145 e. The fraction of sp³-hybridized carbons (Fsp3) is 0.368. The van der Waals surface area contributed by atoms with Crippen molar-refractivity contribution in [3.8, 4) is 5.75 Å². The number of hydrogen-bond donors (Lipinski definition) is 1. The molecular weight excluding hydrogens is 276 g/mol. The molecule has 118 valence electrons. The van der Waals surface area contributed by atoms with E-state index < -0.39 is 0 Å². The fourth-order valence-electron chi connectivity index (χ4n) is 2.53. The normalized spacial score (nSPS) is 12.2. The zero-order valence-corrected chi connectivity index (χ0v) is 13.5. The Morgan fingerprint density at radius 3 is 2.23 bits per heavy atom. The van der Waals surface area contributed by atoms with Crippen LogP contribution in [0.25, 0.3) is 0 Å². The van der Waals surface area contributed by atoms with E-state index >= 15 is 0 Å². The third kappa shape index (κ3) is 4.58. The molecule has 2 aromatic carbocycles. The van der Waals surface area contributed by atoms with Crippen LogP contribution in [0, 0.1) is 20.8 Å². The summed E-state index contributed by atoms with van der Waals surface area (Å²) in [7, 11) is 0. The molecule has 3 heteroatoms. The van der Waals surface area contributed by atoms with Gasteiger partial charge in [0, 0.05) is 0 Å². The lowest BCUT2D eigenvalue weighted by atomic mass is 10.1. The molecule has 0 saturated carbocycles. The molecule has 0 saturated heterocycles. The largest absolute Gasteiger partial charge is 0.485 e. The Balaban J connectivity index is 1.92. The zero-order chi connectivity index (χ0) is 15.9. The molecule has 0 fully saturated rings. The first-order chi connectivity index (χ1) is 10.6. The van der Waals surface area contributed by atoms with E-state index in [-0.39, 0.29) is 12.7 Å². The number of benzene rings is 2. The molecule has 1 atom stereocenters. The first-order valence-corrected chi connectivity index (χ1v) is 7.57. The lowest BCUT2D eigenvalue weighted by Crippen LogP contribution is -2.27. The van der Waals surface area contributed by atoms with Crippen LogP contribution in [0.15, 0.2) is 42.5 Å². The Hall–Kier alpha value is -1.84. The second-order valence-electron chi connectivity index (χ2n) is 5.65. The first kappa shape index (κ1) is 16.5. The molecule has 0 aromatic heterocycles. The molecule has 3 nitrogen and oxygen atoms in total. The van der Waals surface area contributed by atoms with Crippen molar-refractivity contribution in [3.63, 3.8) is 0 Å². The molecule has 0 spiro atoms. The van der Waals surface area contributed by atoms with Gasteiger partial charge in [0.25, 0.3) is 0 Å². The van der Waals surface area contributed by atoms with E-state index in [9.17, 15) is 5.11 Å². The Morgan fingerprint density at radius 1 is 1.00 bits per heavy atom. The highest BCUT2D eigenvalue weighted by Crippen LogP contribution is 2.25. The summed E-state index contributed by atoms with van der Waals surface area (Å²) in [6.07, 6.45) is -0.358. The van der Waals surface area contributed by atoms with E-state index in [0.717, 1.165) is 22.4 Å². The van der Waals surface area contributed by atoms with Gasteiger partial charge >= 0.3 is 0 Å². The summed E-state index contributed by atoms with van der Waals surface area (Å²) < 4.78 is 11.6. The van der Waals surface area contributed by atoms with Crippen molar-refractivity contribution in [2.24, 2.45) is 0 Å². The summed E-state index contributed by atoms with van der Waals surface area (Å²) in [6, 6.07) is 14.1. The first-order valence-electron chi connectivity index (χ1n) is 7.57. The van der Waals surface area contributed by atoms with Crippen LogP contribution in [-0.4, -0.2) is 24.4 Å². The Kier molecular flexibility index (Phi) is 5.99. The van der Waals surface area contributed by atoms with Crippen LogP contribution in [-0.2, 0) is 11.3 Å². The van der Waals surface area contributed by atoms with Crippen molar-refractivity contribution in [2.45, 2.75) is 33.5 Å². The average Bonchev–Trinajstić information content (AvgIpc) is 2.50. The maximum Gasteiger partial charge on any atom is 0.145 e. The molecule has 0 heterocycles. The van der Waals surface area contributed by atoms with Crippen molar-refractivity contribution in [3.05, 3.63) is 64.7 Å². The number of hydrogen-bond acceptors (Lipinski definition) is 3. The SMILES string of the molecule is Cc1cc(C)c(OC(CO)COCc2ccccc2)c(C)c1. The number of aliphatic hydroxyl groups is 1. The van der Waals surface area contributed by atoms with Crippen LogP contribution < -0.4 is 4.74 Å². The van der Waals surface area contributed by atoms with Crippen molar-refractivity contribution in [1.29, 1.82) is 0 Å². The maximum atomic E-state index is 9.52. The Morgan fingerprint density at radius 2 is 1.64 bits per heavy atom. The van der Waals surface area contributed by atoms with Crippen LogP contribution in [0.3, 0.4) is 0 Å². The zero-order valence-electron chi connectivity index (χ0n) is 13.5. The Labute approximate surface area is 132 Å². The second kappa shape index (κ2) is 7.97. The topological polar surface area (TPSA) is 38.7 Å². The maximum absolute atomic E-state index is 9.52. The summed E-state index contributed by atoms with van der Waals surface area (Å²) in [5.41, 5.74) is 4.49. The predicted molar refractivity (Wildman–Crippen MR) is 88.3 cm³/mol. The van der Waals surface area contributed by atoms with E-state index in [0.29, 0.717) is 13.2 Å². The average molecular weight is 300 g/mol. The minimum absolute atomic E-state index is 0.0679. The lowest BCUT2D eigenvalue weighted by Gasteiger charge is -2.20. The molecule has 0 aliphatic heterocycles.